The predicted molar refractivity (Wildman–Crippen MR) is 132 cm³/mol. The van der Waals surface area contributed by atoms with Crippen molar-refractivity contribution in [3.8, 4) is 0 Å². The van der Waals surface area contributed by atoms with Crippen molar-refractivity contribution in [1.29, 1.82) is 0 Å². The summed E-state index contributed by atoms with van der Waals surface area (Å²) >= 11 is 6.15. The number of ether oxygens (including phenoxy) is 3. The zero-order chi connectivity index (χ0) is 26.7. The van der Waals surface area contributed by atoms with Crippen LogP contribution in [-0.2, 0) is 28.6 Å². The van der Waals surface area contributed by atoms with Gasteiger partial charge in [-0.1, -0.05) is 0 Å². The van der Waals surface area contributed by atoms with Gasteiger partial charge in [0.2, 0.25) is 5.28 Å². The van der Waals surface area contributed by atoms with Crippen molar-refractivity contribution in [2.24, 2.45) is 11.3 Å². The molecule has 2 aliphatic heterocycles. The number of hydrogen-bond acceptors (Lipinski definition) is 10. The number of aromatic nitrogens is 4. The molecule has 13 heteroatoms. The van der Waals surface area contributed by atoms with Crippen molar-refractivity contribution in [1.82, 2.24) is 19.5 Å². The lowest BCUT2D eigenvalue weighted by Crippen LogP contribution is -2.46. The summed E-state index contributed by atoms with van der Waals surface area (Å²) < 4.78 is 18.6. The van der Waals surface area contributed by atoms with Crippen LogP contribution in [0.25, 0.3) is 11.2 Å². The minimum atomic E-state index is -1.13. The van der Waals surface area contributed by atoms with E-state index in [-0.39, 0.29) is 48.5 Å². The first-order valence-corrected chi connectivity index (χ1v) is 13.5. The van der Waals surface area contributed by atoms with Crippen LogP contribution in [0.1, 0.15) is 70.9 Å². The van der Waals surface area contributed by atoms with E-state index in [9.17, 15) is 19.5 Å². The molecular formula is C25H30ClN5O7. The number of carbonyl (C=O) groups is 3. The van der Waals surface area contributed by atoms with Gasteiger partial charge in [0.1, 0.15) is 18.4 Å². The van der Waals surface area contributed by atoms with Crippen LogP contribution in [0, 0.1) is 11.3 Å². The zero-order valence-corrected chi connectivity index (χ0v) is 21.8. The summed E-state index contributed by atoms with van der Waals surface area (Å²) in [5.74, 6) is -0.356. The third kappa shape index (κ3) is 4.42. The highest BCUT2D eigenvalue weighted by molar-refractivity contribution is 6.28. The highest BCUT2D eigenvalue weighted by Gasteiger charge is 2.50. The topological polar surface area (TPSA) is 155 Å². The quantitative estimate of drug-likeness (QED) is 0.407. The molecule has 2 saturated heterocycles. The maximum atomic E-state index is 13.1. The molecule has 0 aromatic carbocycles. The van der Waals surface area contributed by atoms with Crippen LogP contribution in [0.2, 0.25) is 5.28 Å². The van der Waals surface area contributed by atoms with E-state index in [4.69, 9.17) is 25.8 Å². The first-order valence-electron chi connectivity index (χ1n) is 13.1. The van der Waals surface area contributed by atoms with Gasteiger partial charge in [0.15, 0.2) is 23.1 Å². The second-order valence-corrected chi connectivity index (χ2v) is 11.5. The fourth-order valence-electron chi connectivity index (χ4n) is 6.19. The molecule has 2 aromatic heterocycles. The van der Waals surface area contributed by atoms with Crippen molar-refractivity contribution in [3.05, 3.63) is 11.6 Å². The molecule has 5 aliphatic rings. The molecule has 4 atom stereocenters. The smallest absolute Gasteiger partial charge is 0.312 e. The van der Waals surface area contributed by atoms with Crippen LogP contribution < -0.4 is 5.32 Å². The number of fused-ring (bicyclic) bond motifs is 4. The molecule has 38 heavy (non-hydrogen) atoms. The third-order valence-corrected chi connectivity index (χ3v) is 8.84. The summed E-state index contributed by atoms with van der Waals surface area (Å²) in [6, 6.07) is 0. The van der Waals surface area contributed by atoms with E-state index in [0.29, 0.717) is 5.65 Å². The molecule has 2 bridgehead atoms. The van der Waals surface area contributed by atoms with Crippen LogP contribution >= 0.6 is 11.6 Å². The van der Waals surface area contributed by atoms with E-state index >= 15 is 0 Å². The molecule has 3 aliphatic carbocycles. The molecule has 0 unspecified atom stereocenters. The second-order valence-electron chi connectivity index (χ2n) is 11.1. The average Bonchev–Trinajstić information content (AvgIpc) is 3.61. The van der Waals surface area contributed by atoms with Crippen molar-refractivity contribution in [2.75, 3.05) is 11.9 Å². The Labute approximate surface area is 223 Å². The lowest BCUT2D eigenvalue weighted by atomic mass is 9.61. The van der Waals surface area contributed by atoms with Gasteiger partial charge in [-0.25, -0.2) is 4.98 Å². The Morgan fingerprint density at radius 3 is 2.66 bits per heavy atom. The standard InChI is InChI=1S/C25H30ClN5O7/c1-24(11-36-22(35)25-7-4-13(5-8-25)6-9-25)15(32)10-16(38-24)31-12-27-18-19(29-23(26)30-20(18)31)28-21(34)14-2-3-17(33)37-14/h12-16,32H,2-11H2,1H3,(H,28,29,30,34)/t13?,14-,15+,16-,24-,25?/m1/s1. The van der Waals surface area contributed by atoms with Gasteiger partial charge >= 0.3 is 11.9 Å². The van der Waals surface area contributed by atoms with E-state index in [1.54, 1.807) is 11.5 Å². The van der Waals surface area contributed by atoms with Crippen LogP contribution in [0.15, 0.2) is 6.33 Å². The molecule has 3 saturated carbocycles. The van der Waals surface area contributed by atoms with Crippen molar-refractivity contribution in [2.45, 2.75) is 88.7 Å². The highest BCUT2D eigenvalue weighted by atomic mass is 35.5. The zero-order valence-electron chi connectivity index (χ0n) is 21.0. The molecule has 1 amide bonds. The van der Waals surface area contributed by atoms with Gasteiger partial charge in [0.05, 0.1) is 17.8 Å². The van der Waals surface area contributed by atoms with Gasteiger partial charge in [0.25, 0.3) is 5.91 Å². The summed E-state index contributed by atoms with van der Waals surface area (Å²) in [5, 5.41) is 13.4. The number of halogens is 1. The maximum Gasteiger partial charge on any atom is 0.312 e. The summed E-state index contributed by atoms with van der Waals surface area (Å²) in [5.41, 5.74) is -0.975. The molecular weight excluding hydrogens is 518 g/mol. The largest absolute Gasteiger partial charge is 0.462 e. The Kier molecular flexibility index (Phi) is 6.31. The van der Waals surface area contributed by atoms with Crippen molar-refractivity contribution < 1.29 is 33.7 Å². The molecule has 204 valence electrons. The number of carbonyl (C=O) groups excluding carboxylic acids is 3. The van der Waals surface area contributed by atoms with Crippen LogP contribution in [0.4, 0.5) is 5.82 Å². The monoisotopic (exact) mass is 547 g/mol. The van der Waals surface area contributed by atoms with Gasteiger partial charge in [0, 0.05) is 19.3 Å². The molecule has 2 N–H and O–H groups in total. The van der Waals surface area contributed by atoms with E-state index in [2.05, 4.69) is 20.3 Å². The Hall–Kier alpha value is -2.83. The number of rotatable bonds is 6. The third-order valence-electron chi connectivity index (χ3n) is 8.67. The molecule has 0 spiro atoms. The van der Waals surface area contributed by atoms with Crippen LogP contribution in [-0.4, -0.2) is 66.9 Å². The summed E-state index contributed by atoms with van der Waals surface area (Å²) in [6.07, 6.45) is 5.42. The Morgan fingerprint density at radius 1 is 1.24 bits per heavy atom. The number of aliphatic hydroxyl groups excluding tert-OH is 1. The van der Waals surface area contributed by atoms with Gasteiger partial charge in [-0.05, 0) is 63.0 Å². The van der Waals surface area contributed by atoms with Crippen molar-refractivity contribution in [3.63, 3.8) is 0 Å². The number of hydrogen-bond donors (Lipinski definition) is 2. The number of esters is 2. The normalized spacial score (nSPS) is 34.4. The molecule has 0 radical (unpaired) electrons. The van der Waals surface area contributed by atoms with Crippen molar-refractivity contribution >= 4 is 46.4 Å². The van der Waals surface area contributed by atoms with E-state index in [1.165, 1.54) is 6.33 Å². The molecule has 2 aromatic rings. The fourth-order valence-corrected chi connectivity index (χ4v) is 6.36. The number of cyclic esters (lactones) is 1. The Bertz CT molecular complexity index is 1280. The number of imidazole rings is 1. The Morgan fingerprint density at radius 2 is 1.97 bits per heavy atom. The molecule has 7 rings (SSSR count). The highest BCUT2D eigenvalue weighted by Crippen LogP contribution is 2.51. The average molecular weight is 548 g/mol. The maximum absolute atomic E-state index is 13.1. The SMILES string of the molecule is C[C@]1(COC(=O)C23CCC(CC2)CC3)O[C@@H](n2cnc3c(NC(=O)[C@H]4CCC(=O)O4)nc(Cl)nc32)C[C@@H]1O. The molecule has 12 nitrogen and oxygen atoms in total. The first-order chi connectivity index (χ1) is 18.2. The lowest BCUT2D eigenvalue weighted by molar-refractivity contribution is -0.178. The number of nitrogens with zero attached hydrogens (tertiary/aromatic N) is 4. The molecule has 4 heterocycles. The number of amides is 1. The lowest BCUT2D eigenvalue weighted by Gasteiger charge is -2.44. The summed E-state index contributed by atoms with van der Waals surface area (Å²) in [7, 11) is 0. The van der Waals surface area contributed by atoms with E-state index < -0.39 is 41.3 Å². The summed E-state index contributed by atoms with van der Waals surface area (Å²) in [6.45, 7) is 1.65. The van der Waals surface area contributed by atoms with E-state index in [1.807, 2.05) is 0 Å². The fraction of sp³-hybridized carbons (Fsp3) is 0.680. The minimum Gasteiger partial charge on any atom is -0.462 e. The van der Waals surface area contributed by atoms with Gasteiger partial charge in [-0.2, -0.15) is 9.97 Å². The number of anilines is 1. The second kappa shape index (κ2) is 9.42. The van der Waals surface area contributed by atoms with Gasteiger partial charge in [-0.15, -0.1) is 0 Å². The van der Waals surface area contributed by atoms with Crippen LogP contribution in [0.3, 0.4) is 0 Å². The Balaban J connectivity index is 1.17. The first kappa shape index (κ1) is 25.4. The molecule has 5 fully saturated rings. The number of aliphatic hydroxyl groups is 1. The predicted octanol–water partition coefficient (Wildman–Crippen LogP) is 2.68. The number of nitrogens with one attached hydrogen (secondary N) is 1. The van der Waals surface area contributed by atoms with E-state index in [0.717, 1.165) is 44.4 Å². The van der Waals surface area contributed by atoms with Gasteiger partial charge < -0.3 is 24.6 Å². The summed E-state index contributed by atoms with van der Waals surface area (Å²) in [4.78, 5) is 49.7. The van der Waals surface area contributed by atoms with Gasteiger partial charge in [-0.3, -0.25) is 19.0 Å². The van der Waals surface area contributed by atoms with Crippen LogP contribution in [0.5, 0.6) is 0 Å². The minimum absolute atomic E-state index is 0.0710.